The highest BCUT2D eigenvalue weighted by Crippen LogP contribution is 2.03. The first-order valence-corrected chi connectivity index (χ1v) is 6.25. The van der Waals surface area contributed by atoms with Crippen molar-refractivity contribution in [2.24, 2.45) is 0 Å². The van der Waals surface area contributed by atoms with Crippen molar-refractivity contribution in [1.82, 2.24) is 10.6 Å². The van der Waals surface area contributed by atoms with Crippen LogP contribution in [0.2, 0.25) is 0 Å². The predicted molar refractivity (Wildman–Crippen MR) is 71.1 cm³/mol. The predicted octanol–water partition coefficient (Wildman–Crippen LogP) is 1.65. The van der Waals surface area contributed by atoms with E-state index in [0.29, 0.717) is 6.54 Å². The highest BCUT2D eigenvalue weighted by atomic mass is 16.1. The van der Waals surface area contributed by atoms with Gasteiger partial charge in [0, 0.05) is 6.54 Å². The molecule has 0 saturated carbocycles. The van der Waals surface area contributed by atoms with Crippen molar-refractivity contribution in [2.45, 2.75) is 26.7 Å². The smallest absolute Gasteiger partial charge is 0.233 e. The molecule has 0 bridgehead atoms. The van der Waals surface area contributed by atoms with Gasteiger partial charge in [0.25, 0.3) is 0 Å². The minimum atomic E-state index is 0.0797. The number of rotatable bonds is 7. The average Bonchev–Trinajstić information content (AvgIpc) is 2.32. The number of carbonyl (C=O) groups is 1. The molecule has 0 radical (unpaired) electrons. The first-order chi connectivity index (χ1) is 8.22. The molecule has 3 heteroatoms. The fourth-order valence-electron chi connectivity index (χ4n) is 1.63. The Labute approximate surface area is 104 Å². The monoisotopic (exact) mass is 234 g/mol. The molecule has 1 amide bonds. The highest BCUT2D eigenvalue weighted by Gasteiger charge is 1.98. The summed E-state index contributed by atoms with van der Waals surface area (Å²) in [4.78, 5) is 11.3. The Morgan fingerprint density at radius 1 is 1.29 bits per heavy atom. The Morgan fingerprint density at radius 3 is 2.82 bits per heavy atom. The lowest BCUT2D eigenvalue weighted by molar-refractivity contribution is -0.120. The van der Waals surface area contributed by atoms with Gasteiger partial charge in [-0.05, 0) is 31.9 Å². The van der Waals surface area contributed by atoms with Crippen LogP contribution < -0.4 is 10.6 Å². The van der Waals surface area contributed by atoms with Gasteiger partial charge in [0.05, 0.1) is 6.54 Å². The van der Waals surface area contributed by atoms with Crippen LogP contribution in [0.15, 0.2) is 24.3 Å². The van der Waals surface area contributed by atoms with Gasteiger partial charge in [-0.15, -0.1) is 0 Å². The number of aryl methyl sites for hydroxylation is 1. The number of benzene rings is 1. The summed E-state index contributed by atoms with van der Waals surface area (Å²) in [6, 6.07) is 8.46. The van der Waals surface area contributed by atoms with Crippen molar-refractivity contribution in [2.75, 3.05) is 19.6 Å². The van der Waals surface area contributed by atoms with E-state index < -0.39 is 0 Å². The van der Waals surface area contributed by atoms with E-state index in [1.807, 2.05) is 6.92 Å². The van der Waals surface area contributed by atoms with Crippen LogP contribution in [0.1, 0.15) is 24.5 Å². The summed E-state index contributed by atoms with van der Waals surface area (Å²) in [5.74, 6) is 0.0797. The maximum Gasteiger partial charge on any atom is 0.233 e. The van der Waals surface area contributed by atoms with Gasteiger partial charge in [0.2, 0.25) is 5.91 Å². The van der Waals surface area contributed by atoms with Crippen molar-refractivity contribution in [3.05, 3.63) is 35.4 Å². The van der Waals surface area contributed by atoms with Crippen molar-refractivity contribution < 1.29 is 4.79 Å². The third kappa shape index (κ3) is 6.07. The third-order valence-corrected chi connectivity index (χ3v) is 2.53. The van der Waals surface area contributed by atoms with Crippen molar-refractivity contribution in [1.29, 1.82) is 0 Å². The second kappa shape index (κ2) is 7.85. The minimum Gasteiger partial charge on any atom is -0.355 e. The summed E-state index contributed by atoms with van der Waals surface area (Å²) >= 11 is 0. The summed E-state index contributed by atoms with van der Waals surface area (Å²) < 4.78 is 0. The summed E-state index contributed by atoms with van der Waals surface area (Å²) in [6.45, 7) is 6.15. The number of hydrogen-bond donors (Lipinski definition) is 2. The number of amides is 1. The molecule has 0 atom stereocenters. The zero-order valence-electron chi connectivity index (χ0n) is 10.8. The first kappa shape index (κ1) is 13.7. The van der Waals surface area contributed by atoms with Crippen LogP contribution >= 0.6 is 0 Å². The van der Waals surface area contributed by atoms with Gasteiger partial charge in [0.1, 0.15) is 0 Å². The summed E-state index contributed by atoms with van der Waals surface area (Å²) in [5.41, 5.74) is 2.59. The van der Waals surface area contributed by atoms with Gasteiger partial charge in [-0.3, -0.25) is 4.79 Å². The van der Waals surface area contributed by atoms with Crippen LogP contribution in [-0.4, -0.2) is 25.5 Å². The molecule has 1 rings (SSSR count). The second-order valence-electron chi connectivity index (χ2n) is 4.27. The van der Waals surface area contributed by atoms with Crippen molar-refractivity contribution in [3.63, 3.8) is 0 Å². The van der Waals surface area contributed by atoms with E-state index in [1.165, 1.54) is 11.1 Å². The molecule has 0 heterocycles. The van der Waals surface area contributed by atoms with E-state index in [0.717, 1.165) is 25.9 Å². The van der Waals surface area contributed by atoms with Gasteiger partial charge < -0.3 is 10.6 Å². The Kier molecular flexibility index (Phi) is 6.33. The lowest BCUT2D eigenvalue weighted by Crippen LogP contribution is -2.35. The van der Waals surface area contributed by atoms with Crippen LogP contribution in [0, 0.1) is 6.92 Å². The molecular weight excluding hydrogens is 212 g/mol. The molecule has 3 nitrogen and oxygen atoms in total. The van der Waals surface area contributed by atoms with Gasteiger partial charge >= 0.3 is 0 Å². The molecule has 17 heavy (non-hydrogen) atoms. The van der Waals surface area contributed by atoms with Gasteiger partial charge in [0.15, 0.2) is 0 Å². The summed E-state index contributed by atoms with van der Waals surface area (Å²) in [7, 11) is 0. The minimum absolute atomic E-state index is 0.0797. The number of carbonyl (C=O) groups excluding carboxylic acids is 1. The molecule has 0 aliphatic carbocycles. The Balaban J connectivity index is 2.14. The second-order valence-corrected chi connectivity index (χ2v) is 4.27. The largest absolute Gasteiger partial charge is 0.355 e. The molecule has 2 N–H and O–H groups in total. The molecule has 0 aromatic heterocycles. The quantitative estimate of drug-likeness (QED) is 0.704. The normalized spacial score (nSPS) is 10.2. The van der Waals surface area contributed by atoms with Gasteiger partial charge in [-0.25, -0.2) is 0 Å². The van der Waals surface area contributed by atoms with Crippen molar-refractivity contribution >= 4 is 5.91 Å². The first-order valence-electron chi connectivity index (χ1n) is 6.25. The molecule has 0 spiro atoms. The molecule has 94 valence electrons. The zero-order chi connectivity index (χ0) is 12.5. The summed E-state index contributed by atoms with van der Waals surface area (Å²) in [6.07, 6.45) is 1.94. The maximum atomic E-state index is 11.3. The lowest BCUT2D eigenvalue weighted by Gasteiger charge is -2.06. The maximum absolute atomic E-state index is 11.3. The van der Waals surface area contributed by atoms with E-state index >= 15 is 0 Å². The molecule has 0 saturated heterocycles. The average molecular weight is 234 g/mol. The zero-order valence-corrected chi connectivity index (χ0v) is 10.8. The van der Waals surface area contributed by atoms with E-state index in [-0.39, 0.29) is 5.91 Å². The van der Waals surface area contributed by atoms with Crippen LogP contribution in [0.4, 0.5) is 0 Å². The molecule has 1 aromatic rings. The fraction of sp³-hybridized carbons (Fsp3) is 0.500. The molecule has 1 aromatic carbocycles. The lowest BCUT2D eigenvalue weighted by atomic mass is 10.1. The highest BCUT2D eigenvalue weighted by molar-refractivity contribution is 5.77. The van der Waals surface area contributed by atoms with E-state index in [9.17, 15) is 4.79 Å². The van der Waals surface area contributed by atoms with E-state index in [2.05, 4.69) is 41.8 Å². The molecule has 0 unspecified atom stereocenters. The fourth-order valence-corrected chi connectivity index (χ4v) is 1.63. The SMILES string of the molecule is CCCNC(=O)CNCCc1cccc(C)c1. The third-order valence-electron chi connectivity index (χ3n) is 2.53. The van der Waals surface area contributed by atoms with Crippen LogP contribution in [-0.2, 0) is 11.2 Å². The molecule has 0 aliphatic heterocycles. The topological polar surface area (TPSA) is 41.1 Å². The Hall–Kier alpha value is -1.35. The number of hydrogen-bond acceptors (Lipinski definition) is 2. The van der Waals surface area contributed by atoms with Gasteiger partial charge in [-0.2, -0.15) is 0 Å². The Morgan fingerprint density at radius 2 is 2.12 bits per heavy atom. The standard InChI is InChI=1S/C14H22N2O/c1-3-8-16-14(17)11-15-9-7-13-6-4-5-12(2)10-13/h4-6,10,15H,3,7-9,11H2,1-2H3,(H,16,17). The Bertz CT molecular complexity index is 350. The van der Waals surface area contributed by atoms with Crippen LogP contribution in [0.25, 0.3) is 0 Å². The van der Waals surface area contributed by atoms with Crippen molar-refractivity contribution in [3.8, 4) is 0 Å². The molecule has 0 aliphatic rings. The number of nitrogens with one attached hydrogen (secondary N) is 2. The van der Waals surface area contributed by atoms with Crippen LogP contribution in [0.5, 0.6) is 0 Å². The molecule has 0 fully saturated rings. The summed E-state index contributed by atoms with van der Waals surface area (Å²) in [5, 5.41) is 5.99. The van der Waals surface area contributed by atoms with E-state index in [1.54, 1.807) is 0 Å². The van der Waals surface area contributed by atoms with Gasteiger partial charge in [-0.1, -0.05) is 36.8 Å². The van der Waals surface area contributed by atoms with E-state index in [4.69, 9.17) is 0 Å². The molecular formula is C14H22N2O. The van der Waals surface area contributed by atoms with Crippen LogP contribution in [0.3, 0.4) is 0 Å².